The lowest BCUT2D eigenvalue weighted by Gasteiger charge is -1.94. The molecule has 5 heteroatoms. The van der Waals surface area contributed by atoms with Gasteiger partial charge in [-0.1, -0.05) is 0 Å². The van der Waals surface area contributed by atoms with E-state index in [-0.39, 0.29) is 17.4 Å². The third-order valence-corrected chi connectivity index (χ3v) is 1.27. The molecule has 0 saturated heterocycles. The Bertz CT molecular complexity index is 357. The minimum absolute atomic E-state index is 0.0441. The second-order valence-electron chi connectivity index (χ2n) is 2.04. The maximum Gasteiger partial charge on any atom is 0.276 e. The molecule has 0 radical (unpaired) electrons. The predicted octanol–water partition coefficient (Wildman–Crippen LogP) is 0.586. The Kier molecular flexibility index (Phi) is 1.00. The van der Waals surface area contributed by atoms with E-state index in [1.54, 1.807) is 0 Å². The number of aromatic hydroxyl groups is 2. The number of fused-ring (bicyclic) bond motifs is 1. The molecular formula is C6H4N2O3. The number of hydrogen-bond acceptors (Lipinski definition) is 5. The zero-order valence-electron chi connectivity index (χ0n) is 5.35. The molecule has 0 aliphatic carbocycles. The summed E-state index contributed by atoms with van der Waals surface area (Å²) in [6.45, 7) is 0. The minimum Gasteiger partial charge on any atom is -0.505 e. The first kappa shape index (κ1) is 5.96. The van der Waals surface area contributed by atoms with Crippen molar-refractivity contribution in [2.24, 2.45) is 0 Å². The fourth-order valence-corrected chi connectivity index (χ4v) is 0.807. The Morgan fingerprint density at radius 1 is 1.27 bits per heavy atom. The molecule has 2 heterocycles. The molecule has 0 aromatic carbocycles. The quantitative estimate of drug-likeness (QED) is 0.577. The van der Waals surface area contributed by atoms with E-state index in [4.69, 9.17) is 14.6 Å². The second kappa shape index (κ2) is 1.85. The van der Waals surface area contributed by atoms with Gasteiger partial charge in [-0.05, 0) is 0 Å². The molecule has 2 aliphatic heterocycles. The van der Waals surface area contributed by atoms with Gasteiger partial charge in [0.25, 0.3) is 5.88 Å². The highest BCUT2D eigenvalue weighted by molar-refractivity contribution is 5.59. The van der Waals surface area contributed by atoms with E-state index >= 15 is 0 Å². The fourth-order valence-electron chi connectivity index (χ4n) is 0.807. The zero-order valence-corrected chi connectivity index (χ0v) is 5.35. The van der Waals surface area contributed by atoms with Crippen molar-refractivity contribution in [1.82, 2.24) is 10.2 Å². The van der Waals surface area contributed by atoms with Crippen LogP contribution in [0.15, 0.2) is 16.7 Å². The topological polar surface area (TPSA) is 79.4 Å². The van der Waals surface area contributed by atoms with Crippen LogP contribution in [0.3, 0.4) is 0 Å². The summed E-state index contributed by atoms with van der Waals surface area (Å²) in [7, 11) is 0. The normalized spacial score (nSPS) is 10.5. The van der Waals surface area contributed by atoms with Gasteiger partial charge in [0.05, 0.1) is 0 Å². The highest BCUT2D eigenvalue weighted by Gasteiger charge is 2.15. The molecular weight excluding hydrogens is 148 g/mol. The predicted molar refractivity (Wildman–Crippen MR) is 34.2 cm³/mol. The van der Waals surface area contributed by atoms with Crippen LogP contribution in [0, 0.1) is 0 Å². The van der Waals surface area contributed by atoms with E-state index in [2.05, 4.69) is 10.2 Å². The van der Waals surface area contributed by atoms with Crippen LogP contribution < -0.4 is 0 Å². The highest BCUT2D eigenvalue weighted by atomic mass is 16.4. The van der Waals surface area contributed by atoms with E-state index < -0.39 is 0 Å². The minimum atomic E-state index is -0.264. The molecule has 2 rings (SSSR count). The average molecular weight is 152 g/mol. The number of aromatic nitrogens is 2. The van der Waals surface area contributed by atoms with Crippen molar-refractivity contribution in [2.75, 3.05) is 0 Å². The van der Waals surface area contributed by atoms with Gasteiger partial charge in [-0.15, -0.1) is 10.2 Å². The summed E-state index contributed by atoms with van der Waals surface area (Å²) in [4.78, 5) is 0. The molecule has 5 nitrogen and oxygen atoms in total. The van der Waals surface area contributed by atoms with Crippen LogP contribution in [0.2, 0.25) is 0 Å². The maximum absolute atomic E-state index is 8.95. The van der Waals surface area contributed by atoms with Crippen LogP contribution in [-0.2, 0) is 0 Å². The first-order chi connectivity index (χ1) is 5.27. The van der Waals surface area contributed by atoms with Crippen molar-refractivity contribution in [3.63, 3.8) is 0 Å². The van der Waals surface area contributed by atoms with Gasteiger partial charge in [0, 0.05) is 6.07 Å². The molecule has 0 fully saturated rings. The van der Waals surface area contributed by atoms with Crippen molar-refractivity contribution in [3.8, 4) is 23.1 Å². The standard InChI is InChI=1S/C6H4N2O3/c9-3-1-4-5(11-2-3)6(10)8-7-4/h1-2,9-10H. The van der Waals surface area contributed by atoms with Crippen molar-refractivity contribution >= 4 is 0 Å². The van der Waals surface area contributed by atoms with Crippen LogP contribution >= 0.6 is 0 Å². The Hall–Kier alpha value is -1.78. The van der Waals surface area contributed by atoms with E-state index in [1.807, 2.05) is 0 Å². The lowest BCUT2D eigenvalue weighted by molar-refractivity contribution is 0.414. The SMILES string of the molecule is Oc1coc2c(O)nnc-2c1. The van der Waals surface area contributed by atoms with Crippen molar-refractivity contribution < 1.29 is 14.6 Å². The van der Waals surface area contributed by atoms with Gasteiger partial charge in [-0.3, -0.25) is 0 Å². The number of rotatable bonds is 0. The summed E-state index contributed by atoms with van der Waals surface area (Å²) in [6, 6.07) is 1.35. The second-order valence-corrected chi connectivity index (χ2v) is 2.04. The summed E-state index contributed by atoms with van der Waals surface area (Å²) in [6.07, 6.45) is 1.10. The number of nitrogens with zero attached hydrogens (tertiary/aromatic N) is 2. The summed E-state index contributed by atoms with van der Waals surface area (Å²) in [5, 5.41) is 24.7. The van der Waals surface area contributed by atoms with Crippen LogP contribution in [0.25, 0.3) is 11.5 Å². The van der Waals surface area contributed by atoms with Gasteiger partial charge in [0.2, 0.25) is 5.76 Å². The molecule has 2 aliphatic rings. The van der Waals surface area contributed by atoms with Gasteiger partial charge in [0.1, 0.15) is 12.0 Å². The Morgan fingerprint density at radius 2 is 2.09 bits per heavy atom. The lowest BCUT2D eigenvalue weighted by atomic mass is 10.3. The maximum atomic E-state index is 8.95. The van der Waals surface area contributed by atoms with Gasteiger partial charge in [-0.25, -0.2) is 0 Å². The molecule has 11 heavy (non-hydrogen) atoms. The van der Waals surface area contributed by atoms with Crippen molar-refractivity contribution in [2.45, 2.75) is 0 Å². The first-order valence-electron chi connectivity index (χ1n) is 2.90. The monoisotopic (exact) mass is 152 g/mol. The highest BCUT2D eigenvalue weighted by Crippen LogP contribution is 2.30. The van der Waals surface area contributed by atoms with E-state index in [0.29, 0.717) is 5.69 Å². The number of hydrogen-bond donors (Lipinski definition) is 2. The molecule has 2 N–H and O–H groups in total. The third-order valence-electron chi connectivity index (χ3n) is 1.27. The first-order valence-corrected chi connectivity index (χ1v) is 2.90. The van der Waals surface area contributed by atoms with E-state index in [0.717, 1.165) is 6.26 Å². The van der Waals surface area contributed by atoms with Gasteiger partial charge < -0.3 is 14.6 Å². The average Bonchev–Trinajstić information content (AvgIpc) is 2.32. The molecule has 0 unspecified atom stereocenters. The van der Waals surface area contributed by atoms with E-state index in [9.17, 15) is 0 Å². The molecule has 0 aromatic heterocycles. The Morgan fingerprint density at radius 3 is 2.91 bits per heavy atom. The Balaban J connectivity index is 2.74. The summed E-state index contributed by atoms with van der Waals surface area (Å²) in [5.74, 6) is -0.125. The van der Waals surface area contributed by atoms with Crippen LogP contribution in [0.5, 0.6) is 11.6 Å². The summed E-state index contributed by atoms with van der Waals surface area (Å²) in [5.41, 5.74) is 0.336. The zero-order chi connectivity index (χ0) is 7.84. The van der Waals surface area contributed by atoms with Gasteiger partial charge in [-0.2, -0.15) is 0 Å². The van der Waals surface area contributed by atoms with Crippen LogP contribution in [0.1, 0.15) is 0 Å². The fraction of sp³-hybridized carbons (Fsp3) is 0. The largest absolute Gasteiger partial charge is 0.505 e. The van der Waals surface area contributed by atoms with Gasteiger partial charge in [0.15, 0.2) is 5.75 Å². The molecule has 56 valence electrons. The third kappa shape index (κ3) is 0.778. The molecule has 0 spiro atoms. The van der Waals surface area contributed by atoms with Gasteiger partial charge >= 0.3 is 0 Å². The van der Waals surface area contributed by atoms with Crippen molar-refractivity contribution in [3.05, 3.63) is 12.3 Å². The summed E-state index contributed by atoms with van der Waals surface area (Å²) >= 11 is 0. The molecule has 0 amide bonds. The smallest absolute Gasteiger partial charge is 0.276 e. The van der Waals surface area contributed by atoms with Crippen LogP contribution in [0.4, 0.5) is 0 Å². The molecule has 0 atom stereocenters. The Labute approximate surface area is 61.3 Å². The van der Waals surface area contributed by atoms with Crippen molar-refractivity contribution in [1.29, 1.82) is 0 Å². The molecule has 0 aromatic rings. The molecule has 0 saturated carbocycles. The van der Waals surface area contributed by atoms with E-state index in [1.165, 1.54) is 6.07 Å². The summed E-state index contributed by atoms with van der Waals surface area (Å²) < 4.78 is 4.79. The molecule has 0 bridgehead atoms. The van der Waals surface area contributed by atoms with Crippen LogP contribution in [-0.4, -0.2) is 20.4 Å². The lowest BCUT2D eigenvalue weighted by Crippen LogP contribution is -1.74.